The zero-order valence-electron chi connectivity index (χ0n) is 10.5. The molecule has 5 nitrogen and oxygen atoms in total. The van der Waals surface area contributed by atoms with Gasteiger partial charge in [0.25, 0.3) is 0 Å². The van der Waals surface area contributed by atoms with Crippen LogP contribution in [0.2, 0.25) is 0 Å². The van der Waals surface area contributed by atoms with E-state index in [4.69, 9.17) is 4.74 Å². The van der Waals surface area contributed by atoms with E-state index >= 15 is 0 Å². The van der Waals surface area contributed by atoms with Crippen molar-refractivity contribution in [3.63, 3.8) is 0 Å². The number of benzene rings is 1. The van der Waals surface area contributed by atoms with E-state index in [0.717, 1.165) is 11.0 Å². The van der Waals surface area contributed by atoms with Crippen molar-refractivity contribution in [3.8, 4) is 0 Å². The van der Waals surface area contributed by atoms with Gasteiger partial charge in [-0.05, 0) is 18.6 Å². The average Bonchev–Trinajstić information content (AvgIpc) is 2.69. The fraction of sp³-hybridized carbons (Fsp3) is 0.385. The van der Waals surface area contributed by atoms with Crippen LogP contribution >= 0.6 is 0 Å². The standard InChI is InChI=1S/C13H16N2O3/c1-3-10(13(16)17)15-11-7-5-4-6-9(11)14-12(15)8-18-2/h4-7,10H,3,8H2,1-2H3,(H,16,17). The zero-order chi connectivity index (χ0) is 13.1. The van der Waals surface area contributed by atoms with Crippen molar-refractivity contribution in [1.82, 2.24) is 9.55 Å². The van der Waals surface area contributed by atoms with E-state index in [1.807, 2.05) is 31.2 Å². The normalized spacial score (nSPS) is 12.8. The molecule has 1 aromatic heterocycles. The quantitative estimate of drug-likeness (QED) is 0.881. The molecule has 0 spiro atoms. The van der Waals surface area contributed by atoms with Gasteiger partial charge in [0.05, 0.1) is 11.0 Å². The Kier molecular flexibility index (Phi) is 3.62. The summed E-state index contributed by atoms with van der Waals surface area (Å²) < 4.78 is 6.85. The first-order valence-corrected chi connectivity index (χ1v) is 5.86. The van der Waals surface area contributed by atoms with Crippen LogP contribution < -0.4 is 0 Å². The first kappa shape index (κ1) is 12.6. The Bertz CT molecular complexity index is 562. The maximum absolute atomic E-state index is 11.3. The van der Waals surface area contributed by atoms with Gasteiger partial charge in [0, 0.05) is 7.11 Å². The van der Waals surface area contributed by atoms with Gasteiger partial charge in [-0.15, -0.1) is 0 Å². The molecule has 1 aromatic carbocycles. The number of para-hydroxylation sites is 2. The van der Waals surface area contributed by atoms with E-state index in [9.17, 15) is 9.90 Å². The second-order valence-electron chi connectivity index (χ2n) is 4.08. The first-order chi connectivity index (χ1) is 8.69. The Morgan fingerprint density at radius 1 is 1.50 bits per heavy atom. The molecule has 1 N–H and O–H groups in total. The number of carboxylic acids is 1. The number of ether oxygens (including phenoxy) is 1. The van der Waals surface area contributed by atoms with Crippen molar-refractivity contribution in [1.29, 1.82) is 0 Å². The third-order valence-electron chi connectivity index (χ3n) is 2.93. The highest BCUT2D eigenvalue weighted by molar-refractivity contribution is 5.80. The summed E-state index contributed by atoms with van der Waals surface area (Å²) in [5.41, 5.74) is 1.63. The molecule has 18 heavy (non-hydrogen) atoms. The molecule has 2 aromatic rings. The van der Waals surface area contributed by atoms with Crippen molar-refractivity contribution in [2.75, 3.05) is 7.11 Å². The predicted molar refractivity (Wildman–Crippen MR) is 67.4 cm³/mol. The molecule has 5 heteroatoms. The molecule has 0 aliphatic carbocycles. The minimum absolute atomic E-state index is 0.304. The van der Waals surface area contributed by atoms with Gasteiger partial charge in [0.1, 0.15) is 18.5 Å². The van der Waals surface area contributed by atoms with Gasteiger partial charge in [-0.25, -0.2) is 9.78 Å². The topological polar surface area (TPSA) is 64.3 Å². The van der Waals surface area contributed by atoms with Gasteiger partial charge in [-0.1, -0.05) is 19.1 Å². The minimum Gasteiger partial charge on any atom is -0.480 e. The number of methoxy groups -OCH3 is 1. The van der Waals surface area contributed by atoms with Gasteiger partial charge in [-0.3, -0.25) is 0 Å². The number of rotatable bonds is 5. The lowest BCUT2D eigenvalue weighted by Gasteiger charge is -2.15. The SMILES string of the molecule is CCC(C(=O)O)n1c(COC)nc2ccccc21. The number of aliphatic carboxylic acids is 1. The molecule has 0 aliphatic rings. The lowest BCUT2D eigenvalue weighted by atomic mass is 10.2. The number of nitrogens with zero attached hydrogens (tertiary/aromatic N) is 2. The summed E-state index contributed by atoms with van der Waals surface area (Å²) in [5, 5.41) is 9.31. The molecule has 0 bridgehead atoms. The van der Waals surface area contributed by atoms with Gasteiger partial charge in [0.2, 0.25) is 0 Å². The molecular weight excluding hydrogens is 232 g/mol. The van der Waals surface area contributed by atoms with Crippen LogP contribution in [0.15, 0.2) is 24.3 Å². The molecule has 0 saturated heterocycles. The van der Waals surface area contributed by atoms with E-state index in [2.05, 4.69) is 4.98 Å². The van der Waals surface area contributed by atoms with Gasteiger partial charge in [-0.2, -0.15) is 0 Å². The number of carbonyl (C=O) groups is 1. The van der Waals surface area contributed by atoms with Gasteiger partial charge >= 0.3 is 5.97 Å². The third-order valence-corrected chi connectivity index (χ3v) is 2.93. The predicted octanol–water partition coefficient (Wildman–Crippen LogP) is 2.22. The van der Waals surface area contributed by atoms with Crippen molar-refractivity contribution in [3.05, 3.63) is 30.1 Å². The fourth-order valence-corrected chi connectivity index (χ4v) is 2.14. The largest absolute Gasteiger partial charge is 0.480 e. The molecule has 96 valence electrons. The second-order valence-corrected chi connectivity index (χ2v) is 4.08. The summed E-state index contributed by atoms with van der Waals surface area (Å²) in [5.74, 6) is -0.203. The van der Waals surface area contributed by atoms with Crippen molar-refractivity contribution in [2.24, 2.45) is 0 Å². The highest BCUT2D eigenvalue weighted by Crippen LogP contribution is 2.23. The molecular formula is C13H16N2O3. The molecule has 2 rings (SSSR count). The molecule has 1 unspecified atom stereocenters. The molecule has 0 fully saturated rings. The summed E-state index contributed by atoms with van der Waals surface area (Å²) in [6.07, 6.45) is 0.506. The average molecular weight is 248 g/mol. The number of hydrogen-bond donors (Lipinski definition) is 1. The highest BCUT2D eigenvalue weighted by atomic mass is 16.5. The molecule has 0 radical (unpaired) electrons. The van der Waals surface area contributed by atoms with Crippen LogP contribution in [0.4, 0.5) is 0 Å². The number of hydrogen-bond acceptors (Lipinski definition) is 3. The highest BCUT2D eigenvalue weighted by Gasteiger charge is 2.23. The minimum atomic E-state index is -0.849. The maximum Gasteiger partial charge on any atom is 0.326 e. The number of imidazole rings is 1. The summed E-state index contributed by atoms with van der Waals surface area (Å²) >= 11 is 0. The van der Waals surface area contributed by atoms with Gasteiger partial charge in [0.15, 0.2) is 0 Å². The summed E-state index contributed by atoms with van der Waals surface area (Å²) in [6.45, 7) is 2.16. The number of carboxylic acid groups (broad SMARTS) is 1. The summed E-state index contributed by atoms with van der Waals surface area (Å²) in [7, 11) is 1.57. The van der Waals surface area contributed by atoms with E-state index in [0.29, 0.717) is 18.9 Å². The monoisotopic (exact) mass is 248 g/mol. The molecule has 0 aliphatic heterocycles. The maximum atomic E-state index is 11.3. The van der Waals surface area contributed by atoms with Gasteiger partial charge < -0.3 is 14.4 Å². The smallest absolute Gasteiger partial charge is 0.326 e. The van der Waals surface area contributed by atoms with Crippen LogP contribution in [0.5, 0.6) is 0 Å². The van der Waals surface area contributed by atoms with Crippen LogP contribution in [-0.2, 0) is 16.1 Å². The van der Waals surface area contributed by atoms with E-state index < -0.39 is 12.0 Å². The van der Waals surface area contributed by atoms with Crippen LogP contribution in [0.25, 0.3) is 11.0 Å². The fourth-order valence-electron chi connectivity index (χ4n) is 2.14. The van der Waals surface area contributed by atoms with Crippen LogP contribution in [0.3, 0.4) is 0 Å². The second kappa shape index (κ2) is 5.18. The molecule has 1 heterocycles. The van der Waals surface area contributed by atoms with E-state index in [1.165, 1.54) is 0 Å². The Hall–Kier alpha value is -1.88. The van der Waals surface area contributed by atoms with Crippen molar-refractivity contribution >= 4 is 17.0 Å². The Labute approximate surface area is 105 Å². The number of aromatic nitrogens is 2. The lowest BCUT2D eigenvalue weighted by molar-refractivity contribution is -0.141. The molecule has 0 amide bonds. The molecule has 0 saturated carbocycles. The van der Waals surface area contributed by atoms with E-state index in [1.54, 1.807) is 11.7 Å². The Morgan fingerprint density at radius 3 is 2.83 bits per heavy atom. The van der Waals surface area contributed by atoms with Crippen LogP contribution in [0, 0.1) is 0 Å². The first-order valence-electron chi connectivity index (χ1n) is 5.86. The van der Waals surface area contributed by atoms with Crippen LogP contribution in [0.1, 0.15) is 25.2 Å². The van der Waals surface area contributed by atoms with Crippen LogP contribution in [-0.4, -0.2) is 27.7 Å². The van der Waals surface area contributed by atoms with Crippen molar-refractivity contribution in [2.45, 2.75) is 26.0 Å². The third kappa shape index (κ3) is 2.09. The number of fused-ring (bicyclic) bond motifs is 1. The molecule has 1 atom stereocenters. The zero-order valence-corrected chi connectivity index (χ0v) is 10.5. The Balaban J connectivity index is 2.63. The van der Waals surface area contributed by atoms with E-state index in [-0.39, 0.29) is 0 Å². The summed E-state index contributed by atoms with van der Waals surface area (Å²) in [6, 6.07) is 6.92. The Morgan fingerprint density at radius 2 is 2.22 bits per heavy atom. The van der Waals surface area contributed by atoms with Crippen molar-refractivity contribution < 1.29 is 14.6 Å². The summed E-state index contributed by atoms with van der Waals surface area (Å²) in [4.78, 5) is 15.8. The lowest BCUT2D eigenvalue weighted by Crippen LogP contribution is -2.20.